The molecule has 24 heavy (non-hydrogen) atoms. The summed E-state index contributed by atoms with van der Waals surface area (Å²) in [4.78, 5) is 7.91. The van der Waals surface area contributed by atoms with Gasteiger partial charge in [-0.15, -0.1) is 0 Å². The third-order valence-electron chi connectivity index (χ3n) is 3.43. The van der Waals surface area contributed by atoms with Crippen molar-refractivity contribution in [2.75, 3.05) is 11.1 Å². The summed E-state index contributed by atoms with van der Waals surface area (Å²) in [6.45, 7) is 1.15. The van der Waals surface area contributed by atoms with Crippen LogP contribution in [0.3, 0.4) is 0 Å². The summed E-state index contributed by atoms with van der Waals surface area (Å²) >= 11 is 5.88. The topological polar surface area (TPSA) is 73.1 Å². The molecule has 3 aromatic rings. The van der Waals surface area contributed by atoms with E-state index in [0.29, 0.717) is 24.7 Å². The maximum absolute atomic E-state index is 5.88. The van der Waals surface area contributed by atoms with Crippen molar-refractivity contribution in [2.45, 2.75) is 13.2 Å². The first kappa shape index (κ1) is 16.2. The Balaban J connectivity index is 1.56. The van der Waals surface area contributed by atoms with Gasteiger partial charge in [-0.3, -0.25) is 0 Å². The fourth-order valence-electron chi connectivity index (χ4n) is 2.16. The molecule has 0 aliphatic heterocycles. The lowest BCUT2D eigenvalue weighted by Crippen LogP contribution is -2.01. The average Bonchev–Trinajstić information content (AvgIpc) is 2.61. The van der Waals surface area contributed by atoms with E-state index in [1.54, 1.807) is 0 Å². The summed E-state index contributed by atoms with van der Waals surface area (Å²) in [6, 6.07) is 18.0. The summed E-state index contributed by atoms with van der Waals surface area (Å²) in [5.41, 5.74) is 9.28. The van der Waals surface area contributed by atoms with Crippen LogP contribution < -0.4 is 11.1 Å². The number of rotatable bonds is 6. The maximum Gasteiger partial charge on any atom is 0.158 e. The number of nitrogen functional groups attached to an aromatic ring is 1. The SMILES string of the molecule is Nc1c(Cl)ncnc1Nc1ccc(COCc2ccccc2)cc1. The Labute approximate surface area is 145 Å². The molecule has 1 heterocycles. The number of nitrogens with zero attached hydrogens (tertiary/aromatic N) is 2. The lowest BCUT2D eigenvalue weighted by Gasteiger charge is -2.09. The minimum absolute atomic E-state index is 0.235. The van der Waals surface area contributed by atoms with E-state index in [-0.39, 0.29) is 5.15 Å². The van der Waals surface area contributed by atoms with Gasteiger partial charge in [0.05, 0.1) is 13.2 Å². The zero-order valence-electron chi connectivity index (χ0n) is 12.9. The first-order valence-corrected chi connectivity index (χ1v) is 7.84. The van der Waals surface area contributed by atoms with Gasteiger partial charge in [-0.25, -0.2) is 9.97 Å². The van der Waals surface area contributed by atoms with E-state index in [4.69, 9.17) is 22.1 Å². The molecule has 6 heteroatoms. The smallest absolute Gasteiger partial charge is 0.158 e. The Bertz CT molecular complexity index is 794. The van der Waals surface area contributed by atoms with Crippen molar-refractivity contribution in [1.82, 2.24) is 9.97 Å². The van der Waals surface area contributed by atoms with E-state index >= 15 is 0 Å². The molecule has 0 radical (unpaired) electrons. The highest BCUT2D eigenvalue weighted by Crippen LogP contribution is 2.25. The predicted molar refractivity (Wildman–Crippen MR) is 96.1 cm³/mol. The van der Waals surface area contributed by atoms with E-state index in [2.05, 4.69) is 15.3 Å². The van der Waals surface area contributed by atoms with Gasteiger partial charge in [0, 0.05) is 5.69 Å². The van der Waals surface area contributed by atoms with Gasteiger partial charge in [0.1, 0.15) is 12.0 Å². The van der Waals surface area contributed by atoms with Crippen LogP contribution in [0.2, 0.25) is 5.15 Å². The second-order valence-electron chi connectivity index (χ2n) is 5.23. The van der Waals surface area contributed by atoms with Crippen LogP contribution in [0, 0.1) is 0 Å². The van der Waals surface area contributed by atoms with E-state index in [9.17, 15) is 0 Å². The van der Waals surface area contributed by atoms with Crippen LogP contribution in [-0.4, -0.2) is 9.97 Å². The third kappa shape index (κ3) is 4.22. The fraction of sp³-hybridized carbons (Fsp3) is 0.111. The largest absolute Gasteiger partial charge is 0.393 e. The molecule has 0 aliphatic rings. The number of halogens is 1. The summed E-state index contributed by atoms with van der Waals surface area (Å²) in [5.74, 6) is 0.489. The lowest BCUT2D eigenvalue weighted by atomic mass is 10.2. The van der Waals surface area contributed by atoms with Crippen LogP contribution >= 0.6 is 11.6 Å². The first-order chi connectivity index (χ1) is 11.7. The van der Waals surface area contributed by atoms with E-state index in [1.165, 1.54) is 6.33 Å². The van der Waals surface area contributed by atoms with Crippen LogP contribution in [0.25, 0.3) is 0 Å². The maximum atomic E-state index is 5.88. The third-order valence-corrected chi connectivity index (χ3v) is 3.73. The van der Waals surface area contributed by atoms with Gasteiger partial charge in [-0.1, -0.05) is 54.1 Å². The number of ether oxygens (including phenoxy) is 1. The number of benzene rings is 2. The summed E-state index contributed by atoms with van der Waals surface area (Å²) in [6.07, 6.45) is 1.37. The molecular weight excluding hydrogens is 324 g/mol. The predicted octanol–water partition coefficient (Wildman–Crippen LogP) is 4.17. The highest BCUT2D eigenvalue weighted by Gasteiger charge is 2.06. The van der Waals surface area contributed by atoms with Gasteiger partial charge in [-0.05, 0) is 23.3 Å². The Kier molecular flexibility index (Phi) is 5.25. The highest BCUT2D eigenvalue weighted by atomic mass is 35.5. The molecule has 0 saturated carbocycles. The van der Waals surface area contributed by atoms with Gasteiger partial charge in [0.2, 0.25) is 0 Å². The minimum atomic E-state index is 0.235. The number of hydrogen-bond acceptors (Lipinski definition) is 5. The van der Waals surface area contributed by atoms with Gasteiger partial charge >= 0.3 is 0 Å². The zero-order valence-corrected chi connectivity index (χ0v) is 13.7. The van der Waals surface area contributed by atoms with Crippen LogP contribution in [0.1, 0.15) is 11.1 Å². The monoisotopic (exact) mass is 340 g/mol. The molecule has 5 nitrogen and oxygen atoms in total. The number of aromatic nitrogens is 2. The minimum Gasteiger partial charge on any atom is -0.393 e. The summed E-state index contributed by atoms with van der Waals surface area (Å²) in [5, 5.41) is 3.36. The molecule has 3 N–H and O–H groups in total. The number of nitrogens with two attached hydrogens (primary N) is 1. The van der Waals surface area contributed by atoms with Gasteiger partial charge in [-0.2, -0.15) is 0 Å². The van der Waals surface area contributed by atoms with Crippen LogP contribution in [-0.2, 0) is 18.0 Å². The number of nitrogens with one attached hydrogen (secondary N) is 1. The summed E-state index contributed by atoms with van der Waals surface area (Å²) in [7, 11) is 0. The molecule has 0 unspecified atom stereocenters. The van der Waals surface area contributed by atoms with E-state index in [1.807, 2.05) is 54.6 Å². The Morgan fingerprint density at radius 2 is 1.58 bits per heavy atom. The second-order valence-corrected chi connectivity index (χ2v) is 5.59. The van der Waals surface area contributed by atoms with Crippen molar-refractivity contribution in [3.8, 4) is 0 Å². The summed E-state index contributed by atoms with van der Waals surface area (Å²) < 4.78 is 5.72. The fourth-order valence-corrected chi connectivity index (χ4v) is 2.29. The Hall–Kier alpha value is -2.63. The molecule has 122 valence electrons. The quantitative estimate of drug-likeness (QED) is 0.659. The van der Waals surface area contributed by atoms with Crippen LogP contribution in [0.5, 0.6) is 0 Å². The van der Waals surface area contributed by atoms with Crippen molar-refractivity contribution >= 4 is 28.8 Å². The highest BCUT2D eigenvalue weighted by molar-refractivity contribution is 6.32. The number of hydrogen-bond donors (Lipinski definition) is 2. The molecule has 0 atom stereocenters. The van der Waals surface area contributed by atoms with Gasteiger partial charge < -0.3 is 15.8 Å². The lowest BCUT2D eigenvalue weighted by molar-refractivity contribution is 0.107. The standard InChI is InChI=1S/C18H17ClN4O/c19-17-16(20)18(22-12-21-17)23-15-8-6-14(7-9-15)11-24-10-13-4-2-1-3-5-13/h1-9,12H,10-11,20H2,(H,21,22,23). The molecule has 3 rings (SSSR count). The van der Waals surface area contributed by atoms with Crippen molar-refractivity contribution in [1.29, 1.82) is 0 Å². The number of anilines is 3. The van der Waals surface area contributed by atoms with Crippen molar-refractivity contribution < 1.29 is 4.74 Å². The molecule has 0 aliphatic carbocycles. The molecule has 0 bridgehead atoms. The van der Waals surface area contributed by atoms with Crippen molar-refractivity contribution in [3.05, 3.63) is 77.2 Å². The molecule has 2 aromatic carbocycles. The first-order valence-electron chi connectivity index (χ1n) is 7.46. The van der Waals surface area contributed by atoms with Gasteiger partial charge in [0.25, 0.3) is 0 Å². The Morgan fingerprint density at radius 3 is 2.29 bits per heavy atom. The normalized spacial score (nSPS) is 10.5. The molecular formula is C18H17ClN4O. The van der Waals surface area contributed by atoms with Crippen LogP contribution in [0.15, 0.2) is 60.9 Å². The van der Waals surface area contributed by atoms with E-state index in [0.717, 1.165) is 16.8 Å². The molecule has 0 fully saturated rings. The van der Waals surface area contributed by atoms with Crippen LogP contribution in [0.4, 0.5) is 17.2 Å². The van der Waals surface area contributed by atoms with Crippen molar-refractivity contribution in [2.24, 2.45) is 0 Å². The second kappa shape index (κ2) is 7.77. The zero-order chi connectivity index (χ0) is 16.8. The van der Waals surface area contributed by atoms with Gasteiger partial charge in [0.15, 0.2) is 11.0 Å². The van der Waals surface area contributed by atoms with E-state index < -0.39 is 0 Å². The van der Waals surface area contributed by atoms with Crippen molar-refractivity contribution in [3.63, 3.8) is 0 Å². The molecule has 0 spiro atoms. The Morgan fingerprint density at radius 1 is 0.917 bits per heavy atom. The molecule has 1 aromatic heterocycles. The molecule has 0 saturated heterocycles. The molecule has 0 amide bonds. The average molecular weight is 341 g/mol.